The maximum atomic E-state index is 0. The Morgan fingerprint density at radius 1 is 0.667 bits per heavy atom. The van der Waals surface area contributed by atoms with E-state index in [-0.39, 0.29) is 190 Å². The van der Waals surface area contributed by atoms with Gasteiger partial charge in [-0.05, 0) is 0 Å². The first kappa shape index (κ1) is 41.1. The first-order valence-electron chi connectivity index (χ1n) is 0. The topological polar surface area (TPSA) is 0 Å². The van der Waals surface area contributed by atoms with Crippen LogP contribution in [0.15, 0.2) is 0 Å². The van der Waals surface area contributed by atoms with Crippen molar-refractivity contribution in [3.63, 3.8) is 0 Å². The average Bonchev–Trinajstić information content (AvgIpc) is 0. The van der Waals surface area contributed by atoms with E-state index in [0.29, 0.717) is 0 Å². The molecule has 0 amide bonds. The second kappa shape index (κ2) is 30.9. The van der Waals surface area contributed by atoms with E-state index in [1.165, 1.54) is 0 Å². The minimum absolute atomic E-state index is 0. The van der Waals surface area contributed by atoms with Crippen molar-refractivity contribution < 1.29 is 190 Å². The van der Waals surface area contributed by atoms with Gasteiger partial charge in [-0.1, -0.05) is 0 Å². The minimum Gasteiger partial charge on any atom is -1.00 e. The Labute approximate surface area is 183 Å². The predicted molar refractivity (Wildman–Crippen MR) is 0 cm³/mol. The van der Waals surface area contributed by atoms with Crippen molar-refractivity contribution in [2.75, 3.05) is 0 Å². The Bertz CT molecular complexity index is 10.8. The Balaban J connectivity index is 0. The van der Waals surface area contributed by atoms with Crippen molar-refractivity contribution in [1.82, 2.24) is 0 Å². The van der Waals surface area contributed by atoms with Crippen LogP contribution in [0.3, 0.4) is 0 Å². The van der Waals surface area contributed by atoms with Crippen LogP contribution in [0.1, 0.15) is 0 Å². The van der Waals surface area contributed by atoms with Crippen LogP contribution >= 0.6 is 0 Å². The van der Waals surface area contributed by atoms with E-state index in [0.717, 1.165) is 0 Å². The molecule has 0 radical (unpaired) electrons. The fourth-order valence-electron chi connectivity index (χ4n) is 0. The summed E-state index contributed by atoms with van der Waals surface area (Å²) in [5.74, 6) is 0. The van der Waals surface area contributed by atoms with Crippen molar-refractivity contribution in [3.8, 4) is 0 Å². The van der Waals surface area contributed by atoms with Gasteiger partial charge in [-0.15, -0.1) is 0 Å². The minimum atomic E-state index is 0. The molecule has 0 aliphatic carbocycles. The van der Waals surface area contributed by atoms with Crippen LogP contribution in [-0.2, 0) is 0 Å². The van der Waals surface area contributed by atoms with Gasteiger partial charge in [0.05, 0.1) is 0 Å². The largest absolute Gasteiger partial charge is 1.00 e. The van der Waals surface area contributed by atoms with Gasteiger partial charge in [-0.3, -0.25) is 0 Å². The molecule has 0 heterocycles. The van der Waals surface area contributed by atoms with E-state index in [9.17, 15) is 0 Å². The summed E-state index contributed by atoms with van der Waals surface area (Å²) in [5.41, 5.74) is 0. The molecule has 0 aromatic rings. The van der Waals surface area contributed by atoms with Crippen LogP contribution in [0.5, 0.6) is 0 Å². The first-order chi connectivity index (χ1) is 0. The summed E-state index contributed by atoms with van der Waals surface area (Å²) < 4.78 is 0. The molecule has 0 aliphatic rings. The van der Waals surface area contributed by atoms with Crippen molar-refractivity contribution in [2.45, 2.75) is 0 Å². The van der Waals surface area contributed by atoms with Gasteiger partial charge >= 0.3 is 139 Å². The molecule has 0 N–H and O–H groups in total. The molecule has 0 rings (SSSR count). The smallest absolute Gasteiger partial charge is 1.00 e. The van der Waals surface area contributed by atoms with Crippen LogP contribution in [-0.4, -0.2) is 0 Å². The first-order valence-corrected chi connectivity index (χ1v) is 0. The Morgan fingerprint density at radius 3 is 0.667 bits per heavy atom. The Hall–Kier alpha value is 5.73. The van der Waals surface area contributed by atoms with Gasteiger partial charge in [0.15, 0.2) is 0 Å². The van der Waals surface area contributed by atoms with E-state index >= 15 is 0 Å². The molecular weight excluding hydrogens is 419 g/mol. The molecule has 0 bridgehead atoms. The van der Waals surface area contributed by atoms with Crippen LogP contribution < -0.4 is 190 Å². The van der Waals surface area contributed by atoms with Crippen LogP contribution in [0.25, 0.3) is 0 Å². The van der Waals surface area contributed by atoms with Gasteiger partial charge in [0.25, 0.3) is 0 Å². The number of hydrogen-bond acceptors (Lipinski definition) is 0. The molecule has 24 valence electrons. The SMILES string of the molecule is [Br-].[Br-].[Br-].[Cs+].[K+].[Li+]. The fourth-order valence-corrected chi connectivity index (χ4v) is 0. The normalized spacial score (nSPS) is 0. The standard InChI is InChI=1S/3BrH.Cs.K.Li/h3*1H;;;/q;;;3*+1/p-3. The molecule has 0 aliphatic heterocycles. The second-order valence-corrected chi connectivity index (χ2v) is 0. The number of rotatable bonds is 0. The van der Waals surface area contributed by atoms with Gasteiger partial charge < -0.3 is 50.9 Å². The molecule has 0 aromatic carbocycles. The predicted octanol–water partition coefficient (Wildman–Crippen LogP) is -18.0. The van der Waals surface area contributed by atoms with E-state index in [4.69, 9.17) is 0 Å². The summed E-state index contributed by atoms with van der Waals surface area (Å²) in [4.78, 5) is 0. The van der Waals surface area contributed by atoms with Gasteiger partial charge in [0.1, 0.15) is 0 Å². The zero-order valence-corrected chi connectivity index (χ0v) is 18.3. The van der Waals surface area contributed by atoms with Crippen LogP contribution in [0, 0.1) is 0 Å². The third-order valence-corrected chi connectivity index (χ3v) is 0. The van der Waals surface area contributed by atoms with Crippen LogP contribution in [0.4, 0.5) is 0 Å². The molecule has 0 fully saturated rings. The van der Waals surface area contributed by atoms with Gasteiger partial charge in [0, 0.05) is 0 Å². The number of halogens is 3. The summed E-state index contributed by atoms with van der Waals surface area (Å²) in [6.45, 7) is 0. The van der Waals surface area contributed by atoms with E-state index in [1.54, 1.807) is 0 Å². The summed E-state index contributed by atoms with van der Waals surface area (Å²) in [5, 5.41) is 0. The van der Waals surface area contributed by atoms with Crippen molar-refractivity contribution in [3.05, 3.63) is 0 Å². The van der Waals surface area contributed by atoms with Crippen molar-refractivity contribution >= 4 is 0 Å². The number of hydrogen-bond donors (Lipinski definition) is 0. The summed E-state index contributed by atoms with van der Waals surface area (Å²) in [6, 6.07) is 0. The third kappa shape index (κ3) is 22.6. The molecule has 0 atom stereocenters. The quantitative estimate of drug-likeness (QED) is 0.343. The third-order valence-electron chi connectivity index (χ3n) is 0. The Morgan fingerprint density at radius 2 is 0.667 bits per heavy atom. The van der Waals surface area contributed by atoms with Crippen LogP contribution in [0.2, 0.25) is 0 Å². The maximum absolute atomic E-state index is 0. The molecule has 6 heavy (non-hydrogen) atoms. The van der Waals surface area contributed by atoms with E-state index < -0.39 is 0 Å². The molecule has 0 unspecified atom stereocenters. The molecule has 0 spiro atoms. The molecule has 0 saturated carbocycles. The van der Waals surface area contributed by atoms with E-state index in [2.05, 4.69) is 0 Å². The monoisotopic (exact) mass is 416 g/mol. The molecule has 6 heteroatoms. The van der Waals surface area contributed by atoms with Gasteiger partial charge in [-0.2, -0.15) is 0 Å². The van der Waals surface area contributed by atoms with Gasteiger partial charge in [0.2, 0.25) is 0 Å². The summed E-state index contributed by atoms with van der Waals surface area (Å²) in [7, 11) is 0. The molecule has 0 nitrogen and oxygen atoms in total. The summed E-state index contributed by atoms with van der Waals surface area (Å²) in [6.07, 6.45) is 0. The molecule has 0 saturated heterocycles. The summed E-state index contributed by atoms with van der Waals surface area (Å²) >= 11 is 0. The zero-order chi connectivity index (χ0) is 0. The second-order valence-electron chi connectivity index (χ2n) is 0. The van der Waals surface area contributed by atoms with Crippen molar-refractivity contribution in [2.24, 2.45) is 0 Å². The zero-order valence-electron chi connectivity index (χ0n) is 4.13. The van der Waals surface area contributed by atoms with Crippen molar-refractivity contribution in [1.29, 1.82) is 0 Å². The average molecular weight is 419 g/mol. The molecular formula is Br3CsKLi. The van der Waals surface area contributed by atoms with Gasteiger partial charge in [-0.25, -0.2) is 0 Å². The Kier molecular flexibility index (Phi) is 212. The molecule has 0 aromatic heterocycles. The van der Waals surface area contributed by atoms with E-state index in [1.807, 2.05) is 0 Å². The maximum Gasteiger partial charge on any atom is 1.00 e. The fraction of sp³-hybridized carbons (Fsp3) is 0.